The van der Waals surface area contributed by atoms with Crippen LogP contribution in [0.1, 0.15) is 32.6 Å². The Morgan fingerprint density at radius 2 is 2.27 bits per heavy atom. The number of hydrogen-bond acceptors (Lipinski definition) is 2. The first-order valence-electron chi connectivity index (χ1n) is 5.22. The minimum Gasteiger partial charge on any atom is -0.481 e. The summed E-state index contributed by atoms with van der Waals surface area (Å²) in [5.74, 6) is -3.51. The molecule has 0 bridgehead atoms. The van der Waals surface area contributed by atoms with Crippen LogP contribution < -0.4 is 0 Å². The van der Waals surface area contributed by atoms with E-state index < -0.39 is 11.9 Å². The molecule has 1 N–H and O–H groups in total. The van der Waals surface area contributed by atoms with Crippen LogP contribution in [0.2, 0.25) is 0 Å². The van der Waals surface area contributed by atoms with Gasteiger partial charge in [-0.25, -0.2) is 8.78 Å². The summed E-state index contributed by atoms with van der Waals surface area (Å²) < 4.78 is 25.2. The van der Waals surface area contributed by atoms with E-state index >= 15 is 0 Å². The molecule has 0 radical (unpaired) electrons. The third kappa shape index (κ3) is 4.55. The molecule has 0 amide bonds. The Hall–Kier alpha value is -0.710. The number of likely N-dealkylation sites (tertiary alicyclic amines) is 1. The lowest BCUT2D eigenvalue weighted by molar-refractivity contribution is -0.138. The fourth-order valence-electron chi connectivity index (χ4n) is 1.96. The maximum absolute atomic E-state index is 12.6. The standard InChI is InChI=1S/C10H17F2NO2/c1-10(11,12)4-6-13-5-2-3-8(13)7-9(14)15/h8H,2-7H2,1H3,(H,14,15). The number of nitrogens with zero attached hydrogens (tertiary/aromatic N) is 1. The van der Waals surface area contributed by atoms with Crippen molar-refractivity contribution in [3.05, 3.63) is 0 Å². The number of aliphatic carboxylic acids is 1. The summed E-state index contributed by atoms with van der Waals surface area (Å²) in [4.78, 5) is 12.4. The maximum atomic E-state index is 12.6. The van der Waals surface area contributed by atoms with Gasteiger partial charge in [0.2, 0.25) is 5.92 Å². The molecular weight excluding hydrogens is 204 g/mol. The molecule has 0 aromatic carbocycles. The fourth-order valence-corrected chi connectivity index (χ4v) is 1.96. The summed E-state index contributed by atoms with van der Waals surface area (Å²) in [5, 5.41) is 8.64. The highest BCUT2D eigenvalue weighted by Gasteiger charge is 2.29. The number of carbonyl (C=O) groups is 1. The normalized spacial score (nSPS) is 23.3. The highest BCUT2D eigenvalue weighted by molar-refractivity contribution is 5.67. The summed E-state index contributed by atoms with van der Waals surface area (Å²) in [6.07, 6.45) is 1.59. The van der Waals surface area contributed by atoms with Crippen LogP contribution in [0.25, 0.3) is 0 Å². The van der Waals surface area contributed by atoms with Crippen molar-refractivity contribution in [3.8, 4) is 0 Å². The first-order chi connectivity index (χ1) is 6.88. The van der Waals surface area contributed by atoms with E-state index in [0.717, 1.165) is 26.3 Å². The molecular formula is C10H17F2NO2. The first kappa shape index (κ1) is 12.4. The minimum absolute atomic E-state index is 0.0511. The van der Waals surface area contributed by atoms with Gasteiger partial charge < -0.3 is 5.11 Å². The van der Waals surface area contributed by atoms with Gasteiger partial charge in [-0.1, -0.05) is 0 Å². The van der Waals surface area contributed by atoms with Crippen LogP contribution in [0.3, 0.4) is 0 Å². The van der Waals surface area contributed by atoms with Crippen molar-refractivity contribution < 1.29 is 18.7 Å². The zero-order valence-electron chi connectivity index (χ0n) is 8.88. The first-order valence-corrected chi connectivity index (χ1v) is 5.22. The average molecular weight is 221 g/mol. The van der Waals surface area contributed by atoms with Crippen molar-refractivity contribution in [2.24, 2.45) is 0 Å². The molecule has 1 atom stereocenters. The topological polar surface area (TPSA) is 40.5 Å². The summed E-state index contributed by atoms with van der Waals surface area (Å²) in [7, 11) is 0. The number of hydrogen-bond donors (Lipinski definition) is 1. The third-order valence-corrected chi connectivity index (χ3v) is 2.75. The predicted molar refractivity (Wildman–Crippen MR) is 52.1 cm³/mol. The number of halogens is 2. The van der Waals surface area contributed by atoms with E-state index in [9.17, 15) is 13.6 Å². The lowest BCUT2D eigenvalue weighted by Gasteiger charge is -2.24. The van der Waals surface area contributed by atoms with Gasteiger partial charge in [-0.2, -0.15) is 0 Å². The molecule has 5 heteroatoms. The van der Waals surface area contributed by atoms with Crippen molar-refractivity contribution in [1.82, 2.24) is 4.90 Å². The molecule has 1 saturated heterocycles. The Morgan fingerprint density at radius 1 is 1.60 bits per heavy atom. The summed E-state index contributed by atoms with van der Waals surface area (Å²) in [5.41, 5.74) is 0. The molecule has 1 aliphatic rings. The number of alkyl halides is 2. The molecule has 0 aliphatic carbocycles. The van der Waals surface area contributed by atoms with Gasteiger partial charge in [0.05, 0.1) is 6.42 Å². The van der Waals surface area contributed by atoms with Crippen LogP contribution in [0.15, 0.2) is 0 Å². The Balaban J connectivity index is 2.36. The van der Waals surface area contributed by atoms with Gasteiger partial charge >= 0.3 is 5.97 Å². The van der Waals surface area contributed by atoms with Crippen LogP contribution in [-0.4, -0.2) is 41.0 Å². The van der Waals surface area contributed by atoms with Gasteiger partial charge in [-0.05, 0) is 26.3 Å². The lowest BCUT2D eigenvalue weighted by atomic mass is 10.1. The Morgan fingerprint density at radius 3 is 2.80 bits per heavy atom. The summed E-state index contributed by atoms with van der Waals surface area (Å²) >= 11 is 0. The average Bonchev–Trinajstić information content (AvgIpc) is 2.46. The van der Waals surface area contributed by atoms with Crippen LogP contribution in [-0.2, 0) is 4.79 Å². The van der Waals surface area contributed by atoms with E-state index in [4.69, 9.17) is 5.11 Å². The molecule has 1 unspecified atom stereocenters. The second kappa shape index (κ2) is 4.88. The van der Waals surface area contributed by atoms with Crippen LogP contribution in [0.4, 0.5) is 8.78 Å². The van der Waals surface area contributed by atoms with Gasteiger partial charge in [0.25, 0.3) is 0 Å². The second-order valence-corrected chi connectivity index (χ2v) is 4.25. The van der Waals surface area contributed by atoms with E-state index in [1.54, 1.807) is 0 Å². The van der Waals surface area contributed by atoms with Gasteiger partial charge in [-0.15, -0.1) is 0 Å². The Kier molecular flexibility index (Phi) is 4.02. The van der Waals surface area contributed by atoms with Gasteiger partial charge in [0, 0.05) is 19.0 Å². The second-order valence-electron chi connectivity index (χ2n) is 4.25. The smallest absolute Gasteiger partial charge is 0.304 e. The minimum atomic E-state index is -2.66. The zero-order valence-corrected chi connectivity index (χ0v) is 8.88. The third-order valence-electron chi connectivity index (χ3n) is 2.75. The fraction of sp³-hybridized carbons (Fsp3) is 0.900. The molecule has 1 rings (SSSR count). The van der Waals surface area contributed by atoms with Gasteiger partial charge in [0.1, 0.15) is 0 Å². The van der Waals surface area contributed by atoms with Crippen molar-refractivity contribution in [2.75, 3.05) is 13.1 Å². The molecule has 1 fully saturated rings. The largest absolute Gasteiger partial charge is 0.481 e. The number of rotatable bonds is 5. The highest BCUT2D eigenvalue weighted by Crippen LogP contribution is 2.23. The number of carboxylic acids is 1. The van der Waals surface area contributed by atoms with E-state index in [2.05, 4.69) is 0 Å². The number of carboxylic acid groups (broad SMARTS) is 1. The monoisotopic (exact) mass is 221 g/mol. The molecule has 15 heavy (non-hydrogen) atoms. The molecule has 0 saturated carbocycles. The van der Waals surface area contributed by atoms with E-state index in [1.807, 2.05) is 4.90 Å². The summed E-state index contributed by atoms with van der Waals surface area (Å²) in [6.45, 7) is 1.94. The van der Waals surface area contributed by atoms with Crippen LogP contribution in [0.5, 0.6) is 0 Å². The Labute approximate surface area is 88.1 Å². The quantitative estimate of drug-likeness (QED) is 0.771. The predicted octanol–water partition coefficient (Wildman–Crippen LogP) is 1.97. The molecule has 88 valence electrons. The maximum Gasteiger partial charge on any atom is 0.304 e. The molecule has 0 spiro atoms. The van der Waals surface area contributed by atoms with Gasteiger partial charge in [0.15, 0.2) is 0 Å². The lowest BCUT2D eigenvalue weighted by Crippen LogP contribution is -2.34. The molecule has 0 aromatic rings. The van der Waals surface area contributed by atoms with Gasteiger partial charge in [-0.3, -0.25) is 9.69 Å². The van der Waals surface area contributed by atoms with Crippen LogP contribution in [0, 0.1) is 0 Å². The van der Waals surface area contributed by atoms with Crippen molar-refractivity contribution >= 4 is 5.97 Å². The SMILES string of the molecule is CC(F)(F)CCN1CCCC1CC(=O)O. The van der Waals surface area contributed by atoms with Crippen molar-refractivity contribution in [2.45, 2.75) is 44.6 Å². The van der Waals surface area contributed by atoms with E-state index in [-0.39, 0.29) is 18.9 Å². The van der Waals surface area contributed by atoms with E-state index in [0.29, 0.717) is 6.54 Å². The molecule has 1 aliphatic heterocycles. The molecule has 3 nitrogen and oxygen atoms in total. The Bertz CT molecular complexity index is 228. The van der Waals surface area contributed by atoms with Crippen molar-refractivity contribution in [3.63, 3.8) is 0 Å². The summed E-state index contributed by atoms with van der Waals surface area (Å²) in [6, 6.07) is -0.0511. The zero-order chi connectivity index (χ0) is 11.5. The molecule has 1 heterocycles. The molecule has 0 aromatic heterocycles. The van der Waals surface area contributed by atoms with E-state index in [1.165, 1.54) is 0 Å². The highest BCUT2D eigenvalue weighted by atomic mass is 19.3. The van der Waals surface area contributed by atoms with Crippen LogP contribution >= 0.6 is 0 Å². The van der Waals surface area contributed by atoms with Crippen molar-refractivity contribution in [1.29, 1.82) is 0 Å².